The molecule has 5 aliphatic rings. The van der Waals surface area contributed by atoms with Crippen molar-refractivity contribution in [3.63, 3.8) is 0 Å². The van der Waals surface area contributed by atoms with Crippen LogP contribution < -0.4 is 4.90 Å². The van der Waals surface area contributed by atoms with Gasteiger partial charge < -0.3 is 4.90 Å². The molecule has 0 amide bonds. The van der Waals surface area contributed by atoms with E-state index in [0.29, 0.717) is 12.8 Å². The molecule has 68 heavy (non-hydrogen) atoms. The number of carbonyl (C=O) groups excluding carboxylic acids is 1. The Morgan fingerprint density at radius 2 is 1.01 bits per heavy atom. The van der Waals surface area contributed by atoms with E-state index >= 15 is 4.79 Å². The van der Waals surface area contributed by atoms with Crippen molar-refractivity contribution in [2.24, 2.45) is 5.41 Å². The van der Waals surface area contributed by atoms with Gasteiger partial charge in [-0.3, -0.25) is 4.79 Å². The molecule has 1 unspecified atom stereocenters. The highest BCUT2D eigenvalue weighted by atomic mass is 16.1. The lowest BCUT2D eigenvalue weighted by Gasteiger charge is -2.36. The number of hydrogen-bond acceptors (Lipinski definition) is 2. The van der Waals surface area contributed by atoms with Gasteiger partial charge >= 0.3 is 0 Å². The first-order chi connectivity index (χ1) is 33.5. The topological polar surface area (TPSA) is 20.3 Å². The zero-order valence-electron chi connectivity index (χ0n) is 38.0. The first kappa shape index (κ1) is 39.1. The molecule has 2 nitrogen and oxygen atoms in total. The van der Waals surface area contributed by atoms with E-state index < -0.39 is 10.8 Å². The lowest BCUT2D eigenvalue weighted by atomic mass is 9.70. The summed E-state index contributed by atoms with van der Waals surface area (Å²) in [5.41, 5.74) is 25.2. The van der Waals surface area contributed by atoms with Gasteiger partial charge in [-0.05, 0) is 139 Å². The third-order valence-electron chi connectivity index (χ3n) is 15.9. The van der Waals surface area contributed by atoms with E-state index in [0.717, 1.165) is 57.6 Å². The van der Waals surface area contributed by atoms with Gasteiger partial charge in [-0.1, -0.05) is 201 Å². The summed E-state index contributed by atoms with van der Waals surface area (Å²) in [6, 6.07) is 76.4. The monoisotopic (exact) mass is 869 g/mol. The molecular weight excluding hydrogens is 823 g/mol. The fourth-order valence-electron chi connectivity index (χ4n) is 13.1. The van der Waals surface area contributed by atoms with Crippen LogP contribution in [-0.4, -0.2) is 5.78 Å². The summed E-state index contributed by atoms with van der Waals surface area (Å²) < 4.78 is 0. The number of carbonyl (C=O) groups is 1. The van der Waals surface area contributed by atoms with Crippen molar-refractivity contribution >= 4 is 22.7 Å². The van der Waals surface area contributed by atoms with Crippen LogP contribution in [0.5, 0.6) is 0 Å². The fraction of sp³-hybridized carbons (Fsp3) is 0.106. The molecular formula is C66H47NO. The Labute approximate surface area is 398 Å². The minimum atomic E-state index is -0.707. The zero-order chi connectivity index (χ0) is 45.1. The Kier molecular flexibility index (Phi) is 8.47. The van der Waals surface area contributed by atoms with Crippen LogP contribution in [0.25, 0.3) is 61.2 Å². The van der Waals surface area contributed by atoms with Gasteiger partial charge in [-0.15, -0.1) is 0 Å². The molecule has 0 fully saturated rings. The molecule has 2 heteroatoms. The molecule has 0 aromatic heterocycles. The Bertz CT molecular complexity index is 3640. The number of Topliss-reactive ketones (excluding diaryl/α,β-unsaturated/α-hetero) is 1. The Hall–Kier alpha value is -8.07. The van der Waals surface area contributed by atoms with Crippen LogP contribution in [0.1, 0.15) is 69.1 Å². The summed E-state index contributed by atoms with van der Waals surface area (Å²) in [5, 5.41) is 0. The zero-order valence-corrected chi connectivity index (χ0v) is 38.0. The molecule has 14 rings (SSSR count). The average molecular weight is 870 g/mol. The summed E-state index contributed by atoms with van der Waals surface area (Å²) in [6.45, 7) is 2.23. The van der Waals surface area contributed by atoms with Crippen molar-refractivity contribution < 1.29 is 4.79 Å². The van der Waals surface area contributed by atoms with Crippen LogP contribution in [-0.2, 0) is 18.3 Å². The molecule has 322 valence electrons. The maximum absolute atomic E-state index is 15.4. The summed E-state index contributed by atoms with van der Waals surface area (Å²) >= 11 is 0. The number of nitrogens with zero attached hydrogens (tertiary/aromatic N) is 1. The first-order valence-corrected chi connectivity index (χ1v) is 24.2. The van der Waals surface area contributed by atoms with Gasteiger partial charge in [0.1, 0.15) is 0 Å². The minimum absolute atomic E-state index is 0.210. The van der Waals surface area contributed by atoms with Crippen molar-refractivity contribution in [1.29, 1.82) is 0 Å². The van der Waals surface area contributed by atoms with Gasteiger partial charge in [-0.25, -0.2) is 0 Å². The number of hydrogen-bond donors (Lipinski definition) is 0. The summed E-state index contributed by atoms with van der Waals surface area (Å²) in [6.07, 6.45) is 7.80. The van der Waals surface area contributed by atoms with Crippen LogP contribution in [0, 0.1) is 5.41 Å². The van der Waals surface area contributed by atoms with Crippen molar-refractivity contribution in [3.05, 3.63) is 269 Å². The number of benzene rings is 9. The van der Waals surface area contributed by atoms with Gasteiger partial charge in [0.2, 0.25) is 0 Å². The van der Waals surface area contributed by atoms with E-state index in [4.69, 9.17) is 0 Å². The second-order valence-electron chi connectivity index (χ2n) is 19.6. The van der Waals surface area contributed by atoms with Crippen LogP contribution in [0.15, 0.2) is 224 Å². The number of ketones is 1. The SMILES string of the molecule is CC12Cc3ccccc3C3=C(C=CCC3)N(c3cccc4c3-c3ccccc3C43c4ccccc4-c4ccccc43)c3ccc(-c4ccccc4)cc3-c3cccc(c3C1)-c1ccccc1C2=O. The molecule has 0 saturated heterocycles. The van der Waals surface area contributed by atoms with Crippen molar-refractivity contribution in [3.8, 4) is 55.6 Å². The highest BCUT2D eigenvalue weighted by Crippen LogP contribution is 2.65. The third kappa shape index (κ3) is 5.37. The first-order valence-electron chi connectivity index (χ1n) is 24.2. The highest BCUT2D eigenvalue weighted by Gasteiger charge is 2.52. The van der Waals surface area contributed by atoms with E-state index in [-0.39, 0.29) is 5.78 Å². The standard InChI is InChI=1S/C66H47NO/c1-65-40-44-21-5-6-22-45(44)51-26-12-16-35-60(51)67(62-36-18-34-59-63(62)53-28-11-15-33-58(53)66(59)56-31-13-9-24-49(56)50-25-10-14-32-57(50)66)61-38-37-43(42-19-3-2-4-20-42)39-54(61)48-30-17-29-47(55(48)41-65)46-23-7-8-27-52(46)64(65)68/h2-11,13-25,27-39H,12,26,40-41H2,1H3. The molecule has 0 radical (unpaired) electrons. The Balaban J connectivity index is 1.14. The molecule has 4 aliphatic carbocycles. The van der Waals surface area contributed by atoms with E-state index in [1.807, 2.05) is 6.07 Å². The van der Waals surface area contributed by atoms with Gasteiger partial charge in [0.15, 0.2) is 5.78 Å². The quantitative estimate of drug-likeness (QED) is 0.172. The van der Waals surface area contributed by atoms with E-state index in [9.17, 15) is 0 Å². The van der Waals surface area contributed by atoms with E-state index in [2.05, 4.69) is 224 Å². The number of anilines is 2. The molecule has 1 aliphatic heterocycles. The van der Waals surface area contributed by atoms with Crippen LogP contribution in [0.2, 0.25) is 0 Å². The summed E-state index contributed by atoms with van der Waals surface area (Å²) in [7, 11) is 0. The van der Waals surface area contributed by atoms with Gasteiger partial charge in [-0.2, -0.15) is 0 Å². The average Bonchev–Trinajstić information content (AvgIpc) is 3.84. The molecule has 0 N–H and O–H groups in total. The highest BCUT2D eigenvalue weighted by molar-refractivity contribution is 6.09. The molecule has 9 aromatic carbocycles. The molecule has 1 spiro atoms. The van der Waals surface area contributed by atoms with E-state index in [1.54, 1.807) is 0 Å². The number of allylic oxidation sites excluding steroid dienone is 3. The van der Waals surface area contributed by atoms with E-state index in [1.165, 1.54) is 78.0 Å². The van der Waals surface area contributed by atoms with Crippen molar-refractivity contribution in [1.82, 2.24) is 0 Å². The van der Waals surface area contributed by atoms with Crippen LogP contribution in [0.4, 0.5) is 11.4 Å². The van der Waals surface area contributed by atoms with Gasteiger partial charge in [0.05, 0.1) is 16.8 Å². The second-order valence-corrected chi connectivity index (χ2v) is 19.6. The lowest BCUT2D eigenvalue weighted by Crippen LogP contribution is -2.33. The van der Waals surface area contributed by atoms with Gasteiger partial charge in [0, 0.05) is 27.8 Å². The lowest BCUT2D eigenvalue weighted by molar-refractivity contribution is 0.0817. The van der Waals surface area contributed by atoms with Gasteiger partial charge in [0.25, 0.3) is 0 Å². The minimum Gasteiger partial charge on any atom is -0.309 e. The maximum atomic E-state index is 15.4. The predicted octanol–water partition coefficient (Wildman–Crippen LogP) is 16.2. The molecule has 9 aromatic rings. The Morgan fingerprint density at radius 3 is 1.76 bits per heavy atom. The molecule has 0 saturated carbocycles. The van der Waals surface area contributed by atoms with Crippen LogP contribution in [0.3, 0.4) is 0 Å². The smallest absolute Gasteiger partial charge is 0.170 e. The molecule has 2 bridgehead atoms. The molecule has 1 heterocycles. The number of rotatable bonds is 2. The van der Waals surface area contributed by atoms with Crippen molar-refractivity contribution in [2.45, 2.75) is 38.0 Å². The fourth-order valence-corrected chi connectivity index (χ4v) is 13.1. The van der Waals surface area contributed by atoms with Crippen LogP contribution >= 0.6 is 0 Å². The largest absolute Gasteiger partial charge is 0.309 e. The summed E-state index contributed by atoms with van der Waals surface area (Å²) in [5.74, 6) is 0.210. The predicted molar refractivity (Wildman–Crippen MR) is 279 cm³/mol. The molecule has 1 atom stereocenters. The third-order valence-corrected chi connectivity index (χ3v) is 15.9. The summed E-state index contributed by atoms with van der Waals surface area (Å²) in [4.78, 5) is 18.0. The normalized spacial score (nSPS) is 17.6. The van der Waals surface area contributed by atoms with Crippen molar-refractivity contribution in [2.75, 3.05) is 4.90 Å². The maximum Gasteiger partial charge on any atom is 0.170 e. The second kappa shape index (κ2) is 14.7. The Morgan fingerprint density at radius 1 is 0.441 bits per heavy atom. The number of fused-ring (bicyclic) bond motifs is 17.